The van der Waals surface area contributed by atoms with Crippen LogP contribution in [0.15, 0.2) is 24.4 Å². The molecule has 1 aromatic heterocycles. The highest BCUT2D eigenvalue weighted by atomic mass is 16.3. The SMILES string of the molecule is CN(CC(C)(C)O)C(=O)NC1CCN(c2ccccn2)C1. The molecule has 1 aliphatic rings. The summed E-state index contributed by atoms with van der Waals surface area (Å²) in [7, 11) is 1.69. The molecular weight excluding hydrogens is 268 g/mol. The molecule has 1 fully saturated rings. The zero-order valence-electron chi connectivity index (χ0n) is 12.9. The van der Waals surface area contributed by atoms with Crippen LogP contribution in [0.25, 0.3) is 0 Å². The van der Waals surface area contributed by atoms with E-state index < -0.39 is 5.60 Å². The van der Waals surface area contributed by atoms with Crippen molar-refractivity contribution in [1.29, 1.82) is 0 Å². The van der Waals surface area contributed by atoms with Gasteiger partial charge in [0.2, 0.25) is 0 Å². The average molecular weight is 292 g/mol. The van der Waals surface area contributed by atoms with E-state index in [1.54, 1.807) is 27.1 Å². The van der Waals surface area contributed by atoms with Crippen LogP contribution >= 0.6 is 0 Å². The van der Waals surface area contributed by atoms with E-state index in [-0.39, 0.29) is 12.1 Å². The fraction of sp³-hybridized carbons (Fsp3) is 0.600. The van der Waals surface area contributed by atoms with Crippen LogP contribution in [0.4, 0.5) is 10.6 Å². The highest BCUT2D eigenvalue weighted by molar-refractivity contribution is 5.74. The number of pyridine rings is 1. The number of hydrogen-bond acceptors (Lipinski definition) is 4. The van der Waals surface area contributed by atoms with Gasteiger partial charge in [0, 0.05) is 32.4 Å². The highest BCUT2D eigenvalue weighted by Crippen LogP contribution is 2.17. The van der Waals surface area contributed by atoms with E-state index in [1.807, 2.05) is 18.2 Å². The summed E-state index contributed by atoms with van der Waals surface area (Å²) in [6.07, 6.45) is 2.68. The second-order valence-electron chi connectivity index (χ2n) is 6.24. The van der Waals surface area contributed by atoms with Gasteiger partial charge in [-0.25, -0.2) is 9.78 Å². The van der Waals surface area contributed by atoms with Crippen molar-refractivity contribution in [2.24, 2.45) is 0 Å². The van der Waals surface area contributed by atoms with E-state index >= 15 is 0 Å². The van der Waals surface area contributed by atoms with E-state index in [9.17, 15) is 9.90 Å². The molecule has 0 aromatic carbocycles. The number of likely N-dealkylation sites (N-methyl/N-ethyl adjacent to an activating group) is 1. The Bertz CT molecular complexity index is 472. The van der Waals surface area contributed by atoms with Crippen molar-refractivity contribution in [3.8, 4) is 0 Å². The molecule has 2 rings (SSSR count). The van der Waals surface area contributed by atoms with Crippen molar-refractivity contribution in [2.75, 3.05) is 31.6 Å². The van der Waals surface area contributed by atoms with Gasteiger partial charge in [0.25, 0.3) is 0 Å². The molecule has 2 heterocycles. The van der Waals surface area contributed by atoms with E-state index in [0.717, 1.165) is 25.3 Å². The third kappa shape index (κ3) is 4.60. The molecule has 0 saturated carbocycles. The highest BCUT2D eigenvalue weighted by Gasteiger charge is 2.26. The first-order valence-electron chi connectivity index (χ1n) is 7.25. The molecule has 1 unspecified atom stereocenters. The minimum Gasteiger partial charge on any atom is -0.389 e. The number of nitrogens with one attached hydrogen (secondary N) is 1. The van der Waals surface area contributed by atoms with Gasteiger partial charge in [-0.3, -0.25) is 0 Å². The smallest absolute Gasteiger partial charge is 0.317 e. The third-order valence-corrected chi connectivity index (χ3v) is 3.46. The van der Waals surface area contributed by atoms with Crippen molar-refractivity contribution < 1.29 is 9.90 Å². The van der Waals surface area contributed by atoms with Gasteiger partial charge in [-0.2, -0.15) is 0 Å². The van der Waals surface area contributed by atoms with Crippen LogP contribution in [0.2, 0.25) is 0 Å². The van der Waals surface area contributed by atoms with Crippen LogP contribution in [0.3, 0.4) is 0 Å². The van der Waals surface area contributed by atoms with Crippen molar-refractivity contribution >= 4 is 11.8 Å². The molecule has 1 aromatic rings. The van der Waals surface area contributed by atoms with Crippen molar-refractivity contribution in [2.45, 2.75) is 31.9 Å². The molecule has 0 bridgehead atoms. The monoisotopic (exact) mass is 292 g/mol. The number of carbonyl (C=O) groups excluding carboxylic acids is 1. The number of hydrogen-bond donors (Lipinski definition) is 2. The maximum absolute atomic E-state index is 12.1. The Balaban J connectivity index is 1.84. The van der Waals surface area contributed by atoms with Crippen LogP contribution in [0.1, 0.15) is 20.3 Å². The number of nitrogens with zero attached hydrogens (tertiary/aromatic N) is 3. The zero-order valence-corrected chi connectivity index (χ0v) is 12.9. The Morgan fingerprint density at radius 2 is 2.33 bits per heavy atom. The van der Waals surface area contributed by atoms with E-state index in [2.05, 4.69) is 15.2 Å². The summed E-state index contributed by atoms with van der Waals surface area (Å²) < 4.78 is 0. The summed E-state index contributed by atoms with van der Waals surface area (Å²) in [5.41, 5.74) is -0.887. The molecule has 21 heavy (non-hydrogen) atoms. The fourth-order valence-corrected chi connectivity index (χ4v) is 2.56. The lowest BCUT2D eigenvalue weighted by molar-refractivity contribution is 0.0528. The van der Waals surface area contributed by atoms with Crippen molar-refractivity contribution in [1.82, 2.24) is 15.2 Å². The first-order chi connectivity index (χ1) is 9.85. The summed E-state index contributed by atoms with van der Waals surface area (Å²) in [5, 5.41) is 12.8. The predicted molar refractivity (Wildman–Crippen MR) is 82.3 cm³/mol. The van der Waals surface area contributed by atoms with Gasteiger partial charge in [0.1, 0.15) is 5.82 Å². The second-order valence-corrected chi connectivity index (χ2v) is 6.24. The Hall–Kier alpha value is -1.82. The summed E-state index contributed by atoms with van der Waals surface area (Å²) in [4.78, 5) is 20.1. The van der Waals surface area contributed by atoms with Gasteiger partial charge in [-0.05, 0) is 32.4 Å². The standard InChI is InChI=1S/C15H24N4O2/c1-15(2,21)11-18(3)14(20)17-12-7-9-19(10-12)13-6-4-5-8-16-13/h4-6,8,12,21H,7,9-11H2,1-3H3,(H,17,20). The molecule has 6 nitrogen and oxygen atoms in total. The zero-order chi connectivity index (χ0) is 15.5. The van der Waals surface area contributed by atoms with Gasteiger partial charge in [-0.1, -0.05) is 6.07 Å². The molecule has 1 atom stereocenters. The third-order valence-electron chi connectivity index (χ3n) is 3.46. The molecule has 1 aliphatic heterocycles. The minimum atomic E-state index is -0.887. The molecule has 2 amide bonds. The topological polar surface area (TPSA) is 68.7 Å². The maximum Gasteiger partial charge on any atom is 0.317 e. The molecule has 0 aliphatic carbocycles. The molecule has 116 valence electrons. The Morgan fingerprint density at radius 3 is 2.95 bits per heavy atom. The second kappa shape index (κ2) is 6.30. The molecular formula is C15H24N4O2. The number of carbonyl (C=O) groups is 1. The van der Waals surface area contributed by atoms with Gasteiger partial charge in [0.15, 0.2) is 0 Å². The summed E-state index contributed by atoms with van der Waals surface area (Å²) in [6.45, 7) is 5.33. The Kier molecular flexibility index (Phi) is 4.67. The van der Waals surface area contributed by atoms with Gasteiger partial charge in [0.05, 0.1) is 12.1 Å². The summed E-state index contributed by atoms with van der Waals surface area (Å²) in [6, 6.07) is 5.80. The molecule has 2 N–H and O–H groups in total. The van der Waals surface area contributed by atoms with Crippen LogP contribution in [-0.2, 0) is 0 Å². The minimum absolute atomic E-state index is 0.115. The Labute approximate surface area is 125 Å². The van der Waals surface area contributed by atoms with Gasteiger partial charge < -0.3 is 20.2 Å². The molecule has 0 spiro atoms. The quantitative estimate of drug-likeness (QED) is 0.871. The fourth-order valence-electron chi connectivity index (χ4n) is 2.56. The first-order valence-corrected chi connectivity index (χ1v) is 7.25. The van der Waals surface area contributed by atoms with Crippen molar-refractivity contribution in [3.63, 3.8) is 0 Å². The summed E-state index contributed by atoms with van der Waals surface area (Å²) >= 11 is 0. The lowest BCUT2D eigenvalue weighted by atomic mass is 10.1. The van der Waals surface area contributed by atoms with Crippen LogP contribution < -0.4 is 10.2 Å². The number of anilines is 1. The number of aromatic nitrogens is 1. The lowest BCUT2D eigenvalue weighted by Crippen LogP contribution is -2.48. The molecule has 0 radical (unpaired) electrons. The van der Waals surface area contributed by atoms with Crippen LogP contribution in [0, 0.1) is 0 Å². The van der Waals surface area contributed by atoms with Gasteiger partial charge >= 0.3 is 6.03 Å². The number of rotatable bonds is 4. The van der Waals surface area contributed by atoms with E-state index in [0.29, 0.717) is 6.54 Å². The van der Waals surface area contributed by atoms with Crippen LogP contribution in [-0.4, -0.2) is 59.3 Å². The maximum atomic E-state index is 12.1. The molecule has 6 heteroatoms. The largest absolute Gasteiger partial charge is 0.389 e. The van der Waals surface area contributed by atoms with E-state index in [1.165, 1.54) is 4.90 Å². The lowest BCUT2D eigenvalue weighted by Gasteiger charge is -2.27. The number of urea groups is 1. The Morgan fingerprint density at radius 1 is 1.57 bits per heavy atom. The van der Waals surface area contributed by atoms with Crippen molar-refractivity contribution in [3.05, 3.63) is 24.4 Å². The van der Waals surface area contributed by atoms with Crippen LogP contribution in [0.5, 0.6) is 0 Å². The number of amides is 2. The average Bonchev–Trinajstić information content (AvgIpc) is 2.86. The molecule has 1 saturated heterocycles. The summed E-state index contributed by atoms with van der Waals surface area (Å²) in [5.74, 6) is 0.944. The van der Waals surface area contributed by atoms with E-state index in [4.69, 9.17) is 0 Å². The first kappa shape index (κ1) is 15.6. The van der Waals surface area contributed by atoms with Gasteiger partial charge in [-0.15, -0.1) is 0 Å². The normalized spacial score (nSPS) is 18.7. The number of aliphatic hydroxyl groups is 1. The predicted octanol–water partition coefficient (Wildman–Crippen LogP) is 1.07.